The third-order valence-electron chi connectivity index (χ3n) is 3.22. The Labute approximate surface area is 110 Å². The SMILES string of the molecule is CC(C(=O)c1ccccc1Br)N1CCNCC1. The van der Waals surface area contributed by atoms with Gasteiger partial charge in [-0.25, -0.2) is 0 Å². The number of hydrogen-bond acceptors (Lipinski definition) is 3. The maximum absolute atomic E-state index is 12.4. The second kappa shape index (κ2) is 5.76. The summed E-state index contributed by atoms with van der Waals surface area (Å²) < 4.78 is 0.881. The molecule has 1 saturated heterocycles. The van der Waals surface area contributed by atoms with Crippen LogP contribution in [0.25, 0.3) is 0 Å². The van der Waals surface area contributed by atoms with E-state index in [2.05, 4.69) is 26.1 Å². The molecule has 1 fully saturated rings. The van der Waals surface area contributed by atoms with Crippen LogP contribution in [0.4, 0.5) is 0 Å². The maximum Gasteiger partial charge on any atom is 0.180 e. The topological polar surface area (TPSA) is 32.3 Å². The first kappa shape index (κ1) is 12.7. The molecule has 1 unspecified atom stereocenters. The Morgan fingerprint density at radius 2 is 2.00 bits per heavy atom. The van der Waals surface area contributed by atoms with Gasteiger partial charge < -0.3 is 5.32 Å². The van der Waals surface area contributed by atoms with Crippen LogP contribution >= 0.6 is 15.9 Å². The summed E-state index contributed by atoms with van der Waals surface area (Å²) >= 11 is 3.44. The van der Waals surface area contributed by atoms with Gasteiger partial charge in [-0.05, 0) is 13.0 Å². The highest BCUT2D eigenvalue weighted by Crippen LogP contribution is 2.19. The van der Waals surface area contributed by atoms with Crippen LogP contribution in [0.5, 0.6) is 0 Å². The van der Waals surface area contributed by atoms with Crippen molar-refractivity contribution in [3.63, 3.8) is 0 Å². The zero-order valence-electron chi connectivity index (χ0n) is 9.95. The summed E-state index contributed by atoms with van der Waals surface area (Å²) in [5.41, 5.74) is 0.776. The molecule has 1 atom stereocenters. The van der Waals surface area contributed by atoms with Gasteiger partial charge in [0.15, 0.2) is 5.78 Å². The zero-order chi connectivity index (χ0) is 12.3. The van der Waals surface area contributed by atoms with Crippen molar-refractivity contribution in [2.45, 2.75) is 13.0 Å². The van der Waals surface area contributed by atoms with Gasteiger partial charge in [0.25, 0.3) is 0 Å². The number of nitrogens with one attached hydrogen (secondary N) is 1. The molecule has 1 aliphatic rings. The zero-order valence-corrected chi connectivity index (χ0v) is 11.5. The molecule has 0 radical (unpaired) electrons. The summed E-state index contributed by atoms with van der Waals surface area (Å²) in [5, 5.41) is 3.30. The molecule has 92 valence electrons. The molecule has 0 saturated carbocycles. The molecule has 1 heterocycles. The molecule has 1 aliphatic heterocycles. The van der Waals surface area contributed by atoms with Gasteiger partial charge in [-0.2, -0.15) is 0 Å². The Hall–Kier alpha value is -0.710. The fourth-order valence-corrected chi connectivity index (χ4v) is 2.60. The third kappa shape index (κ3) is 2.94. The monoisotopic (exact) mass is 296 g/mol. The van der Waals surface area contributed by atoms with Gasteiger partial charge in [0.1, 0.15) is 0 Å². The largest absolute Gasteiger partial charge is 0.314 e. The molecule has 3 nitrogen and oxygen atoms in total. The molecule has 0 aromatic heterocycles. The summed E-state index contributed by atoms with van der Waals surface area (Å²) in [5.74, 6) is 0.194. The lowest BCUT2D eigenvalue weighted by Gasteiger charge is -2.32. The first-order valence-electron chi connectivity index (χ1n) is 5.93. The number of carbonyl (C=O) groups is 1. The highest BCUT2D eigenvalue weighted by atomic mass is 79.9. The van der Waals surface area contributed by atoms with Crippen LogP contribution in [-0.2, 0) is 0 Å². The Balaban J connectivity index is 2.11. The Morgan fingerprint density at radius 3 is 2.65 bits per heavy atom. The molecule has 0 spiro atoms. The van der Waals surface area contributed by atoms with Crippen molar-refractivity contribution in [2.75, 3.05) is 26.2 Å². The molecule has 1 aromatic rings. The normalized spacial score (nSPS) is 18.9. The van der Waals surface area contributed by atoms with Crippen LogP contribution in [0.15, 0.2) is 28.7 Å². The van der Waals surface area contributed by atoms with E-state index in [1.807, 2.05) is 31.2 Å². The highest BCUT2D eigenvalue weighted by Gasteiger charge is 2.24. The van der Waals surface area contributed by atoms with E-state index in [1.165, 1.54) is 0 Å². The molecule has 4 heteroatoms. The second-order valence-electron chi connectivity index (χ2n) is 4.31. The summed E-state index contributed by atoms with van der Waals surface area (Å²) in [6.07, 6.45) is 0. The maximum atomic E-state index is 12.4. The first-order valence-corrected chi connectivity index (χ1v) is 6.73. The molecular formula is C13H17BrN2O. The van der Waals surface area contributed by atoms with E-state index in [0.29, 0.717) is 0 Å². The number of carbonyl (C=O) groups excluding carboxylic acids is 1. The smallest absolute Gasteiger partial charge is 0.180 e. The molecule has 0 aliphatic carbocycles. The van der Waals surface area contributed by atoms with Crippen molar-refractivity contribution in [1.82, 2.24) is 10.2 Å². The van der Waals surface area contributed by atoms with Crippen LogP contribution in [0.2, 0.25) is 0 Å². The summed E-state index contributed by atoms with van der Waals surface area (Å²) in [7, 11) is 0. The fraction of sp³-hybridized carbons (Fsp3) is 0.462. The number of hydrogen-bond donors (Lipinski definition) is 1. The van der Waals surface area contributed by atoms with E-state index in [0.717, 1.165) is 36.2 Å². The van der Waals surface area contributed by atoms with E-state index < -0.39 is 0 Å². The second-order valence-corrected chi connectivity index (χ2v) is 5.16. The lowest BCUT2D eigenvalue weighted by atomic mass is 10.0. The number of rotatable bonds is 3. The first-order chi connectivity index (χ1) is 8.20. The predicted octanol–water partition coefficient (Wildman–Crippen LogP) is 1.93. The number of nitrogens with zero attached hydrogens (tertiary/aromatic N) is 1. The van der Waals surface area contributed by atoms with Gasteiger partial charge in [-0.3, -0.25) is 9.69 Å². The van der Waals surface area contributed by atoms with Gasteiger partial charge in [0.2, 0.25) is 0 Å². The average Bonchev–Trinajstić information content (AvgIpc) is 2.39. The minimum atomic E-state index is -0.0456. The van der Waals surface area contributed by atoms with Crippen molar-refractivity contribution < 1.29 is 4.79 Å². The lowest BCUT2D eigenvalue weighted by molar-refractivity contribution is 0.0819. The quantitative estimate of drug-likeness (QED) is 0.865. The van der Waals surface area contributed by atoms with Crippen LogP contribution in [-0.4, -0.2) is 42.9 Å². The van der Waals surface area contributed by atoms with Gasteiger partial charge in [0, 0.05) is 36.2 Å². The average molecular weight is 297 g/mol. The molecule has 1 N–H and O–H groups in total. The number of Topliss-reactive ketones (excluding diaryl/α,β-unsaturated/α-hetero) is 1. The molecule has 1 aromatic carbocycles. The van der Waals surface area contributed by atoms with E-state index in [4.69, 9.17) is 0 Å². The van der Waals surface area contributed by atoms with Crippen molar-refractivity contribution in [1.29, 1.82) is 0 Å². The standard InChI is InChI=1S/C13H17BrN2O/c1-10(16-8-6-15-7-9-16)13(17)11-4-2-3-5-12(11)14/h2-5,10,15H,6-9H2,1H3. The van der Waals surface area contributed by atoms with Crippen molar-refractivity contribution >= 4 is 21.7 Å². The molecule has 0 amide bonds. The van der Waals surface area contributed by atoms with E-state index in [-0.39, 0.29) is 11.8 Å². The predicted molar refractivity (Wildman–Crippen MR) is 72.4 cm³/mol. The van der Waals surface area contributed by atoms with E-state index in [9.17, 15) is 4.79 Å². The number of benzene rings is 1. The van der Waals surface area contributed by atoms with Gasteiger partial charge >= 0.3 is 0 Å². The van der Waals surface area contributed by atoms with Gasteiger partial charge in [-0.15, -0.1) is 0 Å². The van der Waals surface area contributed by atoms with Crippen LogP contribution < -0.4 is 5.32 Å². The Morgan fingerprint density at radius 1 is 1.35 bits per heavy atom. The Kier molecular flexibility index (Phi) is 4.31. The number of piperazine rings is 1. The highest BCUT2D eigenvalue weighted by molar-refractivity contribution is 9.10. The molecule has 0 bridgehead atoms. The van der Waals surface area contributed by atoms with E-state index >= 15 is 0 Å². The van der Waals surface area contributed by atoms with Crippen LogP contribution in [0.1, 0.15) is 17.3 Å². The summed E-state index contributed by atoms with van der Waals surface area (Å²) in [6.45, 7) is 5.81. The lowest BCUT2D eigenvalue weighted by Crippen LogP contribution is -2.50. The Bertz CT molecular complexity index is 402. The molecule has 2 rings (SSSR count). The van der Waals surface area contributed by atoms with E-state index in [1.54, 1.807) is 0 Å². The van der Waals surface area contributed by atoms with Crippen molar-refractivity contribution in [2.24, 2.45) is 0 Å². The summed E-state index contributed by atoms with van der Waals surface area (Å²) in [4.78, 5) is 14.6. The van der Waals surface area contributed by atoms with Crippen molar-refractivity contribution in [3.8, 4) is 0 Å². The third-order valence-corrected chi connectivity index (χ3v) is 3.91. The minimum Gasteiger partial charge on any atom is -0.314 e. The number of ketones is 1. The molecular weight excluding hydrogens is 280 g/mol. The van der Waals surface area contributed by atoms with Gasteiger partial charge in [-0.1, -0.05) is 34.1 Å². The fourth-order valence-electron chi connectivity index (χ4n) is 2.12. The van der Waals surface area contributed by atoms with Crippen LogP contribution in [0, 0.1) is 0 Å². The number of halogens is 1. The minimum absolute atomic E-state index is 0.0456. The van der Waals surface area contributed by atoms with Crippen LogP contribution in [0.3, 0.4) is 0 Å². The summed E-state index contributed by atoms with van der Waals surface area (Å²) in [6, 6.07) is 7.58. The molecule has 17 heavy (non-hydrogen) atoms. The van der Waals surface area contributed by atoms with Crippen molar-refractivity contribution in [3.05, 3.63) is 34.3 Å². The van der Waals surface area contributed by atoms with Gasteiger partial charge in [0.05, 0.1) is 6.04 Å².